The number of anilines is 2. The molecule has 0 unspecified atom stereocenters. The molecule has 0 aliphatic carbocycles. The van der Waals surface area contributed by atoms with Gasteiger partial charge in [0.05, 0.1) is 10.4 Å². The quantitative estimate of drug-likeness (QED) is 0.755. The van der Waals surface area contributed by atoms with Gasteiger partial charge in [-0.2, -0.15) is 0 Å². The molecule has 0 saturated carbocycles. The number of sulfonamides is 1. The van der Waals surface area contributed by atoms with Gasteiger partial charge in [0.25, 0.3) is 10.0 Å². The maximum Gasteiger partial charge on any atom is 0.265 e. The van der Waals surface area contributed by atoms with Crippen molar-refractivity contribution < 1.29 is 13.2 Å². The van der Waals surface area contributed by atoms with Crippen LogP contribution < -0.4 is 9.62 Å². The van der Waals surface area contributed by atoms with Crippen LogP contribution in [0, 0.1) is 6.92 Å². The second kappa shape index (κ2) is 6.35. The Labute approximate surface area is 157 Å². The van der Waals surface area contributed by atoms with Gasteiger partial charge in [0.1, 0.15) is 5.82 Å². The standard InChI is InChI=1S/C20H19N3O3S/c1-13-4-3-5-15-12-16-10-11-23(20(16)22-19(13)15)27(25,26)18-8-6-17(7-9-18)21-14(2)24/h3-9,12H,10-11H2,1-2H3,(H,21,24). The lowest BCUT2D eigenvalue weighted by Crippen LogP contribution is -2.29. The van der Waals surface area contributed by atoms with Crippen molar-refractivity contribution in [2.24, 2.45) is 0 Å². The number of fused-ring (bicyclic) bond motifs is 2. The Morgan fingerprint density at radius 2 is 1.89 bits per heavy atom. The number of nitrogens with one attached hydrogen (secondary N) is 1. The maximum absolute atomic E-state index is 13.2. The topological polar surface area (TPSA) is 79.4 Å². The fraction of sp³-hybridized carbons (Fsp3) is 0.200. The van der Waals surface area contributed by atoms with Crippen molar-refractivity contribution in [1.82, 2.24) is 4.98 Å². The molecule has 138 valence electrons. The van der Waals surface area contributed by atoms with Crippen molar-refractivity contribution in [2.75, 3.05) is 16.2 Å². The first-order chi connectivity index (χ1) is 12.9. The molecule has 6 nitrogen and oxygen atoms in total. The van der Waals surface area contributed by atoms with Crippen molar-refractivity contribution >= 4 is 38.3 Å². The van der Waals surface area contributed by atoms with E-state index in [4.69, 9.17) is 0 Å². The van der Waals surface area contributed by atoms with Gasteiger partial charge in [-0.15, -0.1) is 0 Å². The summed E-state index contributed by atoms with van der Waals surface area (Å²) in [4.78, 5) is 16.0. The minimum absolute atomic E-state index is 0.177. The van der Waals surface area contributed by atoms with Crippen molar-refractivity contribution in [1.29, 1.82) is 0 Å². The average molecular weight is 381 g/mol. The molecule has 0 saturated heterocycles. The summed E-state index contributed by atoms with van der Waals surface area (Å²) in [7, 11) is -3.72. The lowest BCUT2D eigenvalue weighted by molar-refractivity contribution is -0.114. The van der Waals surface area contributed by atoms with Crippen LogP contribution in [0.15, 0.2) is 53.4 Å². The first-order valence-electron chi connectivity index (χ1n) is 8.66. The van der Waals surface area contributed by atoms with Gasteiger partial charge < -0.3 is 5.32 Å². The second-order valence-corrected chi connectivity index (χ2v) is 8.51. The Balaban J connectivity index is 1.74. The summed E-state index contributed by atoms with van der Waals surface area (Å²) in [6.07, 6.45) is 0.634. The minimum Gasteiger partial charge on any atom is -0.326 e. The van der Waals surface area contributed by atoms with Crippen molar-refractivity contribution in [3.8, 4) is 0 Å². The number of rotatable bonds is 3. The van der Waals surface area contributed by atoms with Crippen LogP contribution in [0.25, 0.3) is 10.9 Å². The zero-order valence-electron chi connectivity index (χ0n) is 15.1. The number of hydrogen-bond donors (Lipinski definition) is 1. The van der Waals surface area contributed by atoms with Gasteiger partial charge in [0.2, 0.25) is 5.91 Å². The van der Waals surface area contributed by atoms with E-state index in [1.165, 1.54) is 23.4 Å². The van der Waals surface area contributed by atoms with Crippen molar-refractivity contribution in [3.05, 3.63) is 59.7 Å². The summed E-state index contributed by atoms with van der Waals surface area (Å²) in [5.41, 5.74) is 3.33. The summed E-state index contributed by atoms with van der Waals surface area (Å²) in [5, 5.41) is 3.66. The number of nitrogens with zero attached hydrogens (tertiary/aromatic N) is 2. The van der Waals surface area contributed by atoms with Gasteiger partial charge in [-0.25, -0.2) is 17.7 Å². The molecule has 1 aromatic heterocycles. The largest absolute Gasteiger partial charge is 0.326 e. The Hall–Kier alpha value is -2.93. The Bertz CT molecular complexity index is 1160. The molecule has 1 N–H and O–H groups in total. The lowest BCUT2D eigenvalue weighted by Gasteiger charge is -2.19. The molecule has 2 aromatic carbocycles. The van der Waals surface area contributed by atoms with Crippen LogP contribution in [-0.4, -0.2) is 25.9 Å². The summed E-state index contributed by atoms with van der Waals surface area (Å²) < 4.78 is 27.7. The number of pyridine rings is 1. The molecule has 1 aliphatic heterocycles. The second-order valence-electron chi connectivity index (χ2n) is 6.65. The molecule has 1 aliphatic rings. The number of carbonyl (C=O) groups excluding carboxylic acids is 1. The summed E-state index contributed by atoms with van der Waals surface area (Å²) in [5.74, 6) is 0.299. The number of aromatic nitrogens is 1. The van der Waals surface area contributed by atoms with Crippen LogP contribution in [-0.2, 0) is 21.2 Å². The molecule has 7 heteroatoms. The molecule has 0 radical (unpaired) electrons. The number of para-hydroxylation sites is 1. The summed E-state index contributed by atoms with van der Waals surface area (Å²) >= 11 is 0. The average Bonchev–Trinajstić information content (AvgIpc) is 3.04. The zero-order valence-corrected chi connectivity index (χ0v) is 15.9. The third kappa shape index (κ3) is 3.04. The molecule has 0 fully saturated rings. The fourth-order valence-electron chi connectivity index (χ4n) is 3.38. The molecule has 0 bridgehead atoms. The van der Waals surface area contributed by atoms with Gasteiger partial charge in [0, 0.05) is 24.5 Å². The summed E-state index contributed by atoms with van der Waals surface area (Å²) in [6, 6.07) is 14.2. The smallest absolute Gasteiger partial charge is 0.265 e. The predicted molar refractivity (Wildman–Crippen MR) is 105 cm³/mol. The highest BCUT2D eigenvalue weighted by Gasteiger charge is 2.32. The lowest BCUT2D eigenvalue weighted by atomic mass is 10.1. The molecular formula is C20H19N3O3S. The van der Waals surface area contributed by atoms with Gasteiger partial charge in [-0.1, -0.05) is 18.2 Å². The number of benzene rings is 2. The number of carbonyl (C=O) groups is 1. The van der Waals surface area contributed by atoms with Crippen LogP contribution in [0.3, 0.4) is 0 Å². The third-order valence-electron chi connectivity index (χ3n) is 4.69. The van der Waals surface area contributed by atoms with Crippen molar-refractivity contribution in [2.45, 2.75) is 25.2 Å². The molecule has 0 spiro atoms. The molecule has 2 heterocycles. The Morgan fingerprint density at radius 3 is 2.59 bits per heavy atom. The predicted octanol–water partition coefficient (Wildman–Crippen LogP) is 3.25. The normalized spacial score (nSPS) is 13.6. The minimum atomic E-state index is -3.72. The Kier molecular flexibility index (Phi) is 4.11. The maximum atomic E-state index is 13.2. The van der Waals surface area contributed by atoms with E-state index < -0.39 is 10.0 Å². The summed E-state index contributed by atoms with van der Waals surface area (Å²) in [6.45, 7) is 3.74. The molecule has 27 heavy (non-hydrogen) atoms. The van der Waals surface area contributed by atoms with E-state index in [-0.39, 0.29) is 10.8 Å². The van der Waals surface area contributed by atoms with Crippen LogP contribution >= 0.6 is 0 Å². The Morgan fingerprint density at radius 1 is 1.15 bits per heavy atom. The van der Waals surface area contributed by atoms with Gasteiger partial charge in [-0.3, -0.25) is 4.79 Å². The highest BCUT2D eigenvalue weighted by atomic mass is 32.2. The molecule has 1 amide bonds. The van der Waals surface area contributed by atoms with Gasteiger partial charge in [0.15, 0.2) is 0 Å². The van der Waals surface area contributed by atoms with E-state index in [1.54, 1.807) is 12.1 Å². The van der Waals surface area contributed by atoms with E-state index in [1.807, 2.05) is 31.2 Å². The van der Waals surface area contributed by atoms with Crippen LogP contribution in [0.1, 0.15) is 18.1 Å². The highest BCUT2D eigenvalue weighted by Crippen LogP contribution is 2.34. The SMILES string of the molecule is CC(=O)Nc1ccc(S(=O)(=O)N2CCc3cc4cccc(C)c4nc32)cc1. The highest BCUT2D eigenvalue weighted by molar-refractivity contribution is 7.92. The van der Waals surface area contributed by atoms with Crippen LogP contribution in [0.5, 0.6) is 0 Å². The van der Waals surface area contributed by atoms with Crippen molar-refractivity contribution in [3.63, 3.8) is 0 Å². The van der Waals surface area contributed by atoms with E-state index >= 15 is 0 Å². The first kappa shape index (κ1) is 17.5. The van der Waals surface area contributed by atoms with E-state index in [0.29, 0.717) is 24.5 Å². The molecule has 4 rings (SSSR count). The third-order valence-corrected chi connectivity index (χ3v) is 6.49. The van der Waals surface area contributed by atoms with E-state index in [9.17, 15) is 13.2 Å². The monoisotopic (exact) mass is 381 g/mol. The first-order valence-corrected chi connectivity index (χ1v) is 10.1. The van der Waals surface area contributed by atoms with Gasteiger partial charge in [-0.05, 0) is 54.8 Å². The van der Waals surface area contributed by atoms with Crippen LogP contribution in [0.2, 0.25) is 0 Å². The number of amides is 1. The number of hydrogen-bond acceptors (Lipinski definition) is 4. The van der Waals surface area contributed by atoms with E-state index in [0.717, 1.165) is 22.0 Å². The van der Waals surface area contributed by atoms with Gasteiger partial charge >= 0.3 is 0 Å². The molecule has 3 aromatic rings. The molecule has 0 atom stereocenters. The number of aryl methyl sites for hydroxylation is 1. The fourth-order valence-corrected chi connectivity index (χ4v) is 4.84. The van der Waals surface area contributed by atoms with E-state index in [2.05, 4.69) is 10.3 Å². The van der Waals surface area contributed by atoms with Crippen LogP contribution in [0.4, 0.5) is 11.5 Å². The molecular weight excluding hydrogens is 362 g/mol. The zero-order chi connectivity index (χ0) is 19.2.